The van der Waals surface area contributed by atoms with Gasteiger partial charge in [-0.05, 0) is 19.2 Å². The molecular weight excluding hydrogens is 230 g/mol. The topological polar surface area (TPSA) is 58.8 Å². The lowest BCUT2D eigenvalue weighted by atomic mass is 10.1. The summed E-state index contributed by atoms with van der Waals surface area (Å²) in [5.41, 5.74) is 7.94. The fourth-order valence-electron chi connectivity index (χ4n) is 2.16. The van der Waals surface area contributed by atoms with Gasteiger partial charge in [-0.25, -0.2) is 4.79 Å². The van der Waals surface area contributed by atoms with Crippen LogP contribution in [0.1, 0.15) is 10.4 Å². The molecule has 0 aromatic heterocycles. The smallest absolute Gasteiger partial charge is 0.340 e. The summed E-state index contributed by atoms with van der Waals surface area (Å²) in [6.07, 6.45) is 0. The first-order valence-electron chi connectivity index (χ1n) is 6.03. The van der Waals surface area contributed by atoms with E-state index in [2.05, 4.69) is 16.8 Å². The molecule has 1 heterocycles. The number of carbonyl (C=O) groups is 1. The van der Waals surface area contributed by atoms with Crippen LogP contribution < -0.4 is 10.6 Å². The van der Waals surface area contributed by atoms with Gasteiger partial charge < -0.3 is 20.3 Å². The number of nitrogens with two attached hydrogens (primary N) is 1. The second kappa shape index (κ2) is 5.27. The number of ether oxygens (including phenoxy) is 1. The minimum absolute atomic E-state index is 0.386. The van der Waals surface area contributed by atoms with Gasteiger partial charge in [-0.3, -0.25) is 0 Å². The first-order valence-corrected chi connectivity index (χ1v) is 6.03. The highest BCUT2D eigenvalue weighted by Gasteiger charge is 2.19. The van der Waals surface area contributed by atoms with E-state index in [4.69, 9.17) is 10.5 Å². The van der Waals surface area contributed by atoms with E-state index in [9.17, 15) is 4.79 Å². The van der Waals surface area contributed by atoms with Gasteiger partial charge in [0.25, 0.3) is 0 Å². The quantitative estimate of drug-likeness (QED) is 0.621. The molecule has 5 nitrogen and oxygen atoms in total. The first-order chi connectivity index (χ1) is 8.63. The van der Waals surface area contributed by atoms with Gasteiger partial charge >= 0.3 is 5.97 Å². The maximum Gasteiger partial charge on any atom is 0.340 e. The standard InChI is InChI=1S/C13H19N3O2/c1-15-6-8-16(9-7-15)11-5-3-4-10(12(11)14)13(17)18-2/h3-5H,6-9,14H2,1-2H3. The van der Waals surface area contributed by atoms with Crippen molar-refractivity contribution < 1.29 is 9.53 Å². The lowest BCUT2D eigenvalue weighted by molar-refractivity contribution is 0.0602. The number of rotatable bonds is 2. The van der Waals surface area contributed by atoms with Gasteiger partial charge in [0.1, 0.15) is 0 Å². The molecule has 18 heavy (non-hydrogen) atoms. The number of benzene rings is 1. The number of anilines is 2. The summed E-state index contributed by atoms with van der Waals surface area (Å²) in [6, 6.07) is 5.49. The summed E-state index contributed by atoms with van der Waals surface area (Å²) in [6.45, 7) is 3.85. The molecule has 0 aliphatic carbocycles. The number of methoxy groups -OCH3 is 1. The zero-order valence-corrected chi connectivity index (χ0v) is 10.8. The fourth-order valence-corrected chi connectivity index (χ4v) is 2.16. The third-order valence-corrected chi connectivity index (χ3v) is 3.33. The van der Waals surface area contributed by atoms with Crippen molar-refractivity contribution in [2.45, 2.75) is 0 Å². The van der Waals surface area contributed by atoms with Crippen molar-refractivity contribution in [2.75, 3.05) is 51.0 Å². The van der Waals surface area contributed by atoms with E-state index in [1.165, 1.54) is 7.11 Å². The van der Waals surface area contributed by atoms with Crippen molar-refractivity contribution in [2.24, 2.45) is 0 Å². The molecule has 0 bridgehead atoms. The first kappa shape index (κ1) is 12.7. The van der Waals surface area contributed by atoms with Crippen LogP contribution >= 0.6 is 0 Å². The molecule has 1 aromatic carbocycles. The summed E-state index contributed by atoms with van der Waals surface area (Å²) < 4.78 is 4.73. The Morgan fingerprint density at radius 3 is 2.56 bits per heavy atom. The summed E-state index contributed by atoms with van der Waals surface area (Å²) in [4.78, 5) is 16.1. The van der Waals surface area contributed by atoms with E-state index in [1.807, 2.05) is 12.1 Å². The molecule has 1 saturated heterocycles. The van der Waals surface area contributed by atoms with E-state index < -0.39 is 0 Å². The van der Waals surface area contributed by atoms with E-state index in [1.54, 1.807) is 6.07 Å². The second-order valence-electron chi connectivity index (χ2n) is 4.52. The molecule has 0 amide bonds. The van der Waals surface area contributed by atoms with Crippen LogP contribution in [0.2, 0.25) is 0 Å². The number of piperazine rings is 1. The molecule has 1 aromatic rings. The molecule has 1 fully saturated rings. The number of likely N-dealkylation sites (N-methyl/N-ethyl adjacent to an activating group) is 1. The zero-order valence-electron chi connectivity index (χ0n) is 10.8. The highest BCUT2D eigenvalue weighted by Crippen LogP contribution is 2.27. The van der Waals surface area contributed by atoms with Crippen molar-refractivity contribution in [1.82, 2.24) is 4.90 Å². The summed E-state index contributed by atoms with van der Waals surface area (Å²) in [5.74, 6) is -0.386. The minimum atomic E-state index is -0.386. The van der Waals surface area contributed by atoms with Crippen molar-refractivity contribution in [1.29, 1.82) is 0 Å². The van der Waals surface area contributed by atoms with Crippen LogP contribution in [0.4, 0.5) is 11.4 Å². The van der Waals surface area contributed by atoms with Crippen LogP contribution in [0.15, 0.2) is 18.2 Å². The summed E-state index contributed by atoms with van der Waals surface area (Å²) in [5, 5.41) is 0. The van der Waals surface area contributed by atoms with Crippen LogP contribution in [0.3, 0.4) is 0 Å². The third-order valence-electron chi connectivity index (χ3n) is 3.33. The molecule has 98 valence electrons. The Hall–Kier alpha value is -1.75. The SMILES string of the molecule is COC(=O)c1cccc(N2CCN(C)CC2)c1N. The average Bonchev–Trinajstić information content (AvgIpc) is 2.39. The molecular formula is C13H19N3O2. The summed E-state index contributed by atoms with van der Waals surface area (Å²) in [7, 11) is 3.47. The van der Waals surface area contributed by atoms with E-state index in [-0.39, 0.29) is 5.97 Å². The lowest BCUT2D eigenvalue weighted by Crippen LogP contribution is -2.44. The molecule has 1 aliphatic rings. The lowest BCUT2D eigenvalue weighted by Gasteiger charge is -2.34. The molecule has 0 saturated carbocycles. The monoisotopic (exact) mass is 249 g/mol. The average molecular weight is 249 g/mol. The second-order valence-corrected chi connectivity index (χ2v) is 4.52. The zero-order chi connectivity index (χ0) is 13.1. The Morgan fingerprint density at radius 1 is 1.28 bits per heavy atom. The number of nitrogens with zero attached hydrogens (tertiary/aromatic N) is 2. The van der Waals surface area contributed by atoms with E-state index in [0.29, 0.717) is 11.3 Å². The van der Waals surface area contributed by atoms with Crippen LogP contribution in [0.5, 0.6) is 0 Å². The molecule has 2 rings (SSSR count). The molecule has 0 atom stereocenters. The van der Waals surface area contributed by atoms with Crippen LogP contribution in [0.25, 0.3) is 0 Å². The van der Waals surface area contributed by atoms with Gasteiger partial charge in [-0.1, -0.05) is 6.07 Å². The Balaban J connectivity index is 2.26. The van der Waals surface area contributed by atoms with Gasteiger partial charge in [-0.2, -0.15) is 0 Å². The highest BCUT2D eigenvalue weighted by atomic mass is 16.5. The highest BCUT2D eigenvalue weighted by molar-refractivity contribution is 5.98. The Kier molecular flexibility index (Phi) is 3.72. The van der Waals surface area contributed by atoms with E-state index >= 15 is 0 Å². The Morgan fingerprint density at radius 2 is 1.94 bits per heavy atom. The molecule has 0 unspecified atom stereocenters. The molecule has 2 N–H and O–H groups in total. The maximum atomic E-state index is 11.6. The van der Waals surface area contributed by atoms with Gasteiger partial charge in [0.15, 0.2) is 0 Å². The van der Waals surface area contributed by atoms with Crippen molar-refractivity contribution in [3.05, 3.63) is 23.8 Å². The van der Waals surface area contributed by atoms with Crippen LogP contribution in [-0.2, 0) is 4.74 Å². The van der Waals surface area contributed by atoms with Gasteiger partial charge in [-0.15, -0.1) is 0 Å². The molecule has 1 aliphatic heterocycles. The number of hydrogen-bond donors (Lipinski definition) is 1. The largest absolute Gasteiger partial charge is 0.465 e. The molecule has 0 spiro atoms. The predicted molar refractivity (Wildman–Crippen MR) is 71.9 cm³/mol. The van der Waals surface area contributed by atoms with Gasteiger partial charge in [0.05, 0.1) is 24.0 Å². The maximum absolute atomic E-state index is 11.6. The van der Waals surface area contributed by atoms with E-state index in [0.717, 1.165) is 31.9 Å². The number of para-hydroxylation sites is 1. The normalized spacial score (nSPS) is 16.7. The number of carbonyl (C=O) groups excluding carboxylic acids is 1. The van der Waals surface area contributed by atoms with Crippen molar-refractivity contribution in [3.8, 4) is 0 Å². The molecule has 0 radical (unpaired) electrons. The predicted octanol–water partition coefficient (Wildman–Crippen LogP) is 0.807. The number of hydrogen-bond acceptors (Lipinski definition) is 5. The molecule has 5 heteroatoms. The van der Waals surface area contributed by atoms with Gasteiger partial charge in [0, 0.05) is 26.2 Å². The Labute approximate surface area is 107 Å². The number of nitrogen functional groups attached to an aromatic ring is 1. The summed E-state index contributed by atoms with van der Waals surface area (Å²) >= 11 is 0. The third kappa shape index (κ3) is 2.41. The Bertz CT molecular complexity index is 440. The van der Waals surface area contributed by atoms with Crippen LogP contribution in [-0.4, -0.2) is 51.2 Å². The van der Waals surface area contributed by atoms with Crippen molar-refractivity contribution >= 4 is 17.3 Å². The van der Waals surface area contributed by atoms with Crippen molar-refractivity contribution in [3.63, 3.8) is 0 Å². The number of esters is 1. The van der Waals surface area contributed by atoms with Crippen LogP contribution in [0, 0.1) is 0 Å². The minimum Gasteiger partial charge on any atom is -0.465 e. The fraction of sp³-hybridized carbons (Fsp3) is 0.462. The van der Waals surface area contributed by atoms with Gasteiger partial charge in [0.2, 0.25) is 0 Å².